The van der Waals surface area contributed by atoms with Crippen LogP contribution in [0.15, 0.2) is 5.16 Å². The van der Waals surface area contributed by atoms with E-state index < -0.39 is 0 Å². The second-order valence-corrected chi connectivity index (χ2v) is 2.56. The zero-order chi connectivity index (χ0) is 8.27. The van der Waals surface area contributed by atoms with Gasteiger partial charge in [0.25, 0.3) is 0 Å². The van der Waals surface area contributed by atoms with Crippen molar-refractivity contribution in [3.05, 3.63) is 0 Å². The average Bonchev–Trinajstić information content (AvgIpc) is 2.31. The second kappa shape index (κ2) is 3.37. The van der Waals surface area contributed by atoms with Crippen molar-refractivity contribution >= 4 is 11.7 Å². The van der Waals surface area contributed by atoms with Crippen LogP contribution in [0, 0.1) is 0 Å². The number of hydrogen-bond acceptors (Lipinski definition) is 4. The highest BCUT2D eigenvalue weighted by atomic mass is 16.7. The van der Waals surface area contributed by atoms with E-state index in [9.17, 15) is 4.79 Å². The van der Waals surface area contributed by atoms with Crippen LogP contribution in [0.5, 0.6) is 0 Å². The second-order valence-electron chi connectivity index (χ2n) is 2.56. The fourth-order valence-electron chi connectivity index (χ4n) is 0.868. The molecule has 1 heterocycles. The summed E-state index contributed by atoms with van der Waals surface area (Å²) in [6.45, 7) is 3.56. The van der Waals surface area contributed by atoms with Gasteiger partial charge >= 0.3 is 5.97 Å². The molecular weight excluding hydrogens is 146 g/mol. The highest BCUT2D eigenvalue weighted by Gasteiger charge is 2.18. The molecule has 4 heteroatoms. The smallest absolute Gasteiger partial charge is 0.302 e. The molecule has 1 atom stereocenters. The van der Waals surface area contributed by atoms with Gasteiger partial charge < -0.3 is 9.57 Å². The molecule has 0 aliphatic carbocycles. The van der Waals surface area contributed by atoms with Crippen molar-refractivity contribution in [2.75, 3.05) is 6.61 Å². The number of rotatable bonds is 2. The lowest BCUT2D eigenvalue weighted by atomic mass is 10.2. The molecule has 0 aromatic carbocycles. The maximum Gasteiger partial charge on any atom is 0.302 e. The van der Waals surface area contributed by atoms with E-state index >= 15 is 0 Å². The normalized spacial score (nSPS) is 22.4. The van der Waals surface area contributed by atoms with Gasteiger partial charge in [-0.2, -0.15) is 0 Å². The third kappa shape index (κ3) is 2.57. The van der Waals surface area contributed by atoms with Crippen molar-refractivity contribution in [2.45, 2.75) is 26.4 Å². The topological polar surface area (TPSA) is 47.9 Å². The van der Waals surface area contributed by atoms with E-state index in [1.807, 2.05) is 6.92 Å². The predicted octanol–water partition coefficient (Wildman–Crippen LogP) is 0.714. The van der Waals surface area contributed by atoms with Gasteiger partial charge in [-0.1, -0.05) is 5.16 Å². The standard InChI is InChI=1S/C7H11NO3/c1-5-3-7(11-8-5)4-10-6(2)9/h7H,3-4H2,1-2H3. The summed E-state index contributed by atoms with van der Waals surface area (Å²) in [7, 11) is 0. The largest absolute Gasteiger partial charge is 0.462 e. The van der Waals surface area contributed by atoms with Crippen LogP contribution >= 0.6 is 0 Å². The van der Waals surface area contributed by atoms with E-state index in [2.05, 4.69) is 5.16 Å². The summed E-state index contributed by atoms with van der Waals surface area (Å²) < 4.78 is 4.74. The third-order valence-corrected chi connectivity index (χ3v) is 1.35. The Morgan fingerprint density at radius 3 is 3.09 bits per heavy atom. The van der Waals surface area contributed by atoms with E-state index in [4.69, 9.17) is 9.57 Å². The Kier molecular flexibility index (Phi) is 2.46. The molecule has 0 radical (unpaired) electrons. The van der Waals surface area contributed by atoms with Crippen molar-refractivity contribution in [1.29, 1.82) is 0 Å². The summed E-state index contributed by atoms with van der Waals surface area (Å²) in [6, 6.07) is 0. The van der Waals surface area contributed by atoms with E-state index in [0.29, 0.717) is 6.61 Å². The number of ether oxygens (including phenoxy) is 1. The number of nitrogens with zero attached hydrogens (tertiary/aromatic N) is 1. The SMILES string of the molecule is CC(=O)OCC1CC(C)=NO1. The van der Waals surface area contributed by atoms with Crippen LogP contribution in [-0.4, -0.2) is 24.4 Å². The summed E-state index contributed by atoms with van der Waals surface area (Å²) in [5.74, 6) is -0.279. The first kappa shape index (κ1) is 8.04. The molecule has 0 saturated heterocycles. The quantitative estimate of drug-likeness (QED) is 0.555. The molecule has 4 nitrogen and oxygen atoms in total. The Morgan fingerprint density at radius 1 is 1.91 bits per heavy atom. The summed E-state index contributed by atoms with van der Waals surface area (Å²) in [6.07, 6.45) is 0.687. The van der Waals surface area contributed by atoms with Crippen molar-refractivity contribution < 1.29 is 14.4 Å². The van der Waals surface area contributed by atoms with Crippen LogP contribution in [0.1, 0.15) is 20.3 Å². The first-order chi connectivity index (χ1) is 5.18. The fourth-order valence-corrected chi connectivity index (χ4v) is 0.868. The third-order valence-electron chi connectivity index (χ3n) is 1.35. The molecule has 1 aliphatic rings. The minimum atomic E-state index is -0.279. The average molecular weight is 157 g/mol. The van der Waals surface area contributed by atoms with Crippen molar-refractivity contribution in [3.8, 4) is 0 Å². The maximum absolute atomic E-state index is 10.4. The van der Waals surface area contributed by atoms with Crippen LogP contribution in [-0.2, 0) is 14.4 Å². The van der Waals surface area contributed by atoms with Gasteiger partial charge in [0.15, 0.2) is 6.10 Å². The summed E-state index contributed by atoms with van der Waals surface area (Å²) in [4.78, 5) is 15.3. The summed E-state index contributed by atoms with van der Waals surface area (Å²) in [5, 5.41) is 3.72. The van der Waals surface area contributed by atoms with Crippen LogP contribution < -0.4 is 0 Å². The first-order valence-corrected chi connectivity index (χ1v) is 3.51. The van der Waals surface area contributed by atoms with Gasteiger partial charge in [-0.25, -0.2) is 0 Å². The number of esters is 1. The van der Waals surface area contributed by atoms with Gasteiger partial charge in [0.2, 0.25) is 0 Å². The lowest BCUT2D eigenvalue weighted by molar-refractivity contribution is -0.144. The van der Waals surface area contributed by atoms with Gasteiger partial charge in [0.1, 0.15) is 6.61 Å². The van der Waals surface area contributed by atoms with E-state index in [0.717, 1.165) is 12.1 Å². The van der Waals surface area contributed by atoms with E-state index in [1.54, 1.807) is 0 Å². The lowest BCUT2D eigenvalue weighted by Gasteiger charge is -2.06. The molecule has 11 heavy (non-hydrogen) atoms. The highest BCUT2D eigenvalue weighted by Crippen LogP contribution is 2.09. The van der Waals surface area contributed by atoms with Gasteiger partial charge in [0.05, 0.1) is 5.71 Å². The molecule has 62 valence electrons. The van der Waals surface area contributed by atoms with Crippen LogP contribution in [0.25, 0.3) is 0 Å². The van der Waals surface area contributed by atoms with Crippen molar-refractivity contribution in [1.82, 2.24) is 0 Å². The fraction of sp³-hybridized carbons (Fsp3) is 0.714. The van der Waals surface area contributed by atoms with Gasteiger partial charge in [-0.3, -0.25) is 4.79 Å². The number of hydrogen-bond donors (Lipinski definition) is 0. The Hall–Kier alpha value is -1.06. The van der Waals surface area contributed by atoms with Gasteiger partial charge in [-0.15, -0.1) is 0 Å². The minimum Gasteiger partial charge on any atom is -0.462 e. The number of carbonyl (C=O) groups is 1. The Morgan fingerprint density at radius 2 is 2.64 bits per heavy atom. The molecule has 0 bridgehead atoms. The first-order valence-electron chi connectivity index (χ1n) is 3.51. The Labute approximate surface area is 65.2 Å². The molecule has 0 aromatic heterocycles. The van der Waals surface area contributed by atoms with Crippen LogP contribution in [0.4, 0.5) is 0 Å². The van der Waals surface area contributed by atoms with Crippen molar-refractivity contribution in [3.63, 3.8) is 0 Å². The molecule has 0 fully saturated rings. The molecule has 1 unspecified atom stereocenters. The van der Waals surface area contributed by atoms with Crippen molar-refractivity contribution in [2.24, 2.45) is 5.16 Å². The Bertz CT molecular complexity index is 188. The minimum absolute atomic E-state index is 0.0705. The monoisotopic (exact) mass is 157 g/mol. The molecule has 0 amide bonds. The van der Waals surface area contributed by atoms with Gasteiger partial charge in [-0.05, 0) is 6.92 Å². The molecular formula is C7H11NO3. The number of oxime groups is 1. The van der Waals surface area contributed by atoms with Crippen LogP contribution in [0.2, 0.25) is 0 Å². The van der Waals surface area contributed by atoms with E-state index in [1.165, 1.54) is 6.92 Å². The molecule has 0 saturated carbocycles. The molecule has 0 aromatic rings. The zero-order valence-electron chi connectivity index (χ0n) is 6.66. The predicted molar refractivity (Wildman–Crippen MR) is 39.2 cm³/mol. The summed E-state index contributed by atoms with van der Waals surface area (Å²) in [5.41, 5.74) is 0.946. The molecule has 1 aliphatic heterocycles. The summed E-state index contributed by atoms with van der Waals surface area (Å²) >= 11 is 0. The molecule has 1 rings (SSSR count). The Balaban J connectivity index is 2.16. The van der Waals surface area contributed by atoms with Gasteiger partial charge in [0, 0.05) is 13.3 Å². The van der Waals surface area contributed by atoms with E-state index in [-0.39, 0.29) is 12.1 Å². The number of carbonyl (C=O) groups excluding carboxylic acids is 1. The molecule has 0 N–H and O–H groups in total. The lowest BCUT2D eigenvalue weighted by Crippen LogP contribution is -2.17. The maximum atomic E-state index is 10.4. The zero-order valence-corrected chi connectivity index (χ0v) is 6.66. The molecule has 0 spiro atoms. The highest BCUT2D eigenvalue weighted by molar-refractivity contribution is 5.82. The van der Waals surface area contributed by atoms with Crippen LogP contribution in [0.3, 0.4) is 0 Å².